The molecule has 106 valence electrons. The number of likely N-dealkylation sites (tertiary alicyclic amines) is 1. The number of sulfone groups is 1. The molecule has 2 fully saturated rings. The maximum absolute atomic E-state index is 11.8. The highest BCUT2D eigenvalue weighted by Crippen LogP contribution is 2.22. The molecule has 0 amide bonds. The van der Waals surface area contributed by atoms with Gasteiger partial charge in [0.25, 0.3) is 0 Å². The topological polar surface area (TPSA) is 58.6 Å². The van der Waals surface area contributed by atoms with Crippen LogP contribution in [0.5, 0.6) is 0 Å². The Labute approximate surface area is 110 Å². The summed E-state index contributed by atoms with van der Waals surface area (Å²) in [4.78, 5) is 2.34. The van der Waals surface area contributed by atoms with Crippen LogP contribution < -0.4 is 5.32 Å². The predicted molar refractivity (Wildman–Crippen MR) is 71.5 cm³/mol. The average Bonchev–Trinajstić information content (AvgIpc) is 2.91. The Bertz CT molecular complexity index is 352. The van der Waals surface area contributed by atoms with Gasteiger partial charge in [-0.1, -0.05) is 0 Å². The molecule has 18 heavy (non-hydrogen) atoms. The zero-order valence-corrected chi connectivity index (χ0v) is 11.9. The van der Waals surface area contributed by atoms with E-state index >= 15 is 0 Å². The van der Waals surface area contributed by atoms with Gasteiger partial charge in [0.1, 0.15) is 0 Å². The lowest BCUT2D eigenvalue weighted by molar-refractivity contribution is 0.142. The van der Waals surface area contributed by atoms with Crippen LogP contribution in [0, 0.1) is 0 Å². The van der Waals surface area contributed by atoms with Crippen LogP contribution in [0.15, 0.2) is 0 Å². The lowest BCUT2D eigenvalue weighted by Crippen LogP contribution is -2.49. The lowest BCUT2D eigenvalue weighted by Gasteiger charge is -2.28. The van der Waals surface area contributed by atoms with Crippen molar-refractivity contribution < 1.29 is 13.2 Å². The van der Waals surface area contributed by atoms with Crippen LogP contribution in [-0.4, -0.2) is 69.8 Å². The first kappa shape index (κ1) is 14.2. The second kappa shape index (κ2) is 6.32. The van der Waals surface area contributed by atoms with Crippen LogP contribution in [0.4, 0.5) is 0 Å². The Morgan fingerprint density at radius 3 is 2.67 bits per heavy atom. The van der Waals surface area contributed by atoms with Gasteiger partial charge in [-0.05, 0) is 32.9 Å². The summed E-state index contributed by atoms with van der Waals surface area (Å²) >= 11 is 0. The largest absolute Gasteiger partial charge is 0.380 e. The summed E-state index contributed by atoms with van der Waals surface area (Å²) in [6, 6.07) is 0.243. The fourth-order valence-electron chi connectivity index (χ4n) is 2.92. The van der Waals surface area contributed by atoms with E-state index in [-0.39, 0.29) is 17.8 Å². The lowest BCUT2D eigenvalue weighted by atomic mass is 10.1. The molecular formula is C12H24N2O3S. The second-order valence-electron chi connectivity index (χ2n) is 5.14. The van der Waals surface area contributed by atoms with Crippen LogP contribution in [0.2, 0.25) is 0 Å². The molecule has 0 spiro atoms. The normalized spacial score (nSPS) is 32.1. The number of ether oxygens (including phenoxy) is 1. The van der Waals surface area contributed by atoms with Crippen molar-refractivity contribution in [2.45, 2.75) is 31.8 Å². The van der Waals surface area contributed by atoms with E-state index in [2.05, 4.69) is 10.2 Å². The van der Waals surface area contributed by atoms with Gasteiger partial charge in [0.15, 0.2) is 9.84 Å². The Balaban J connectivity index is 1.88. The summed E-state index contributed by atoms with van der Waals surface area (Å²) in [5, 5.41) is 3.35. The fraction of sp³-hybridized carbons (Fsp3) is 1.00. The van der Waals surface area contributed by atoms with Gasteiger partial charge in [-0.3, -0.25) is 4.90 Å². The smallest absolute Gasteiger partial charge is 0.153 e. The van der Waals surface area contributed by atoms with Gasteiger partial charge in [0, 0.05) is 25.2 Å². The monoisotopic (exact) mass is 276 g/mol. The molecule has 0 aliphatic carbocycles. The Kier molecular flexibility index (Phi) is 5.00. The molecule has 2 aliphatic rings. The molecule has 5 nitrogen and oxygen atoms in total. The fourth-order valence-corrected chi connectivity index (χ4v) is 4.90. The van der Waals surface area contributed by atoms with Crippen molar-refractivity contribution >= 4 is 9.84 Å². The third-order valence-electron chi connectivity index (χ3n) is 3.79. The number of rotatable bonds is 6. The molecule has 2 atom stereocenters. The van der Waals surface area contributed by atoms with Crippen molar-refractivity contribution in [1.82, 2.24) is 10.2 Å². The summed E-state index contributed by atoms with van der Waals surface area (Å²) in [5.74, 6) is 0.597. The first-order valence-electron chi connectivity index (χ1n) is 6.88. The molecule has 2 saturated heterocycles. The van der Waals surface area contributed by atoms with Gasteiger partial charge in [-0.15, -0.1) is 0 Å². The highest BCUT2D eigenvalue weighted by Gasteiger charge is 2.41. The SMILES string of the molecule is CCOCCN[C@H]1CS(=O)(=O)C[C@H]1N1CCCC1. The third-order valence-corrected chi connectivity index (χ3v) is 5.51. The zero-order chi connectivity index (χ0) is 13.0. The van der Waals surface area contributed by atoms with Crippen LogP contribution in [0.3, 0.4) is 0 Å². The van der Waals surface area contributed by atoms with Gasteiger partial charge < -0.3 is 10.1 Å². The summed E-state index contributed by atoms with van der Waals surface area (Å²) in [7, 11) is -2.87. The van der Waals surface area contributed by atoms with Crippen molar-refractivity contribution in [3.8, 4) is 0 Å². The molecule has 0 aromatic rings. The van der Waals surface area contributed by atoms with E-state index in [4.69, 9.17) is 4.74 Å². The quantitative estimate of drug-likeness (QED) is 0.685. The van der Waals surface area contributed by atoms with Gasteiger partial charge in [-0.25, -0.2) is 8.42 Å². The van der Waals surface area contributed by atoms with E-state index in [0.717, 1.165) is 19.6 Å². The highest BCUT2D eigenvalue weighted by atomic mass is 32.2. The Morgan fingerprint density at radius 2 is 2.00 bits per heavy atom. The van der Waals surface area contributed by atoms with Crippen LogP contribution in [-0.2, 0) is 14.6 Å². The Morgan fingerprint density at radius 1 is 1.28 bits per heavy atom. The van der Waals surface area contributed by atoms with E-state index < -0.39 is 9.84 Å². The predicted octanol–water partition coefficient (Wildman–Crippen LogP) is -0.126. The van der Waals surface area contributed by atoms with Crippen molar-refractivity contribution in [1.29, 1.82) is 0 Å². The minimum Gasteiger partial charge on any atom is -0.380 e. The van der Waals surface area contributed by atoms with Crippen molar-refractivity contribution in [3.63, 3.8) is 0 Å². The summed E-state index contributed by atoms with van der Waals surface area (Å²) in [5.41, 5.74) is 0. The maximum atomic E-state index is 11.8. The number of hydrogen-bond donors (Lipinski definition) is 1. The van der Waals surface area contributed by atoms with Gasteiger partial charge in [0.2, 0.25) is 0 Å². The summed E-state index contributed by atoms with van der Waals surface area (Å²) in [6.45, 7) is 6.15. The summed E-state index contributed by atoms with van der Waals surface area (Å²) in [6.07, 6.45) is 2.39. The van der Waals surface area contributed by atoms with Crippen LogP contribution in [0.25, 0.3) is 0 Å². The van der Waals surface area contributed by atoms with Crippen molar-refractivity contribution in [3.05, 3.63) is 0 Å². The number of nitrogens with one attached hydrogen (secondary N) is 1. The van der Waals surface area contributed by atoms with E-state index in [1.54, 1.807) is 0 Å². The maximum Gasteiger partial charge on any atom is 0.153 e. The van der Waals surface area contributed by atoms with Gasteiger partial charge >= 0.3 is 0 Å². The van der Waals surface area contributed by atoms with Crippen molar-refractivity contribution in [2.75, 3.05) is 44.4 Å². The third kappa shape index (κ3) is 3.66. The number of hydrogen-bond acceptors (Lipinski definition) is 5. The highest BCUT2D eigenvalue weighted by molar-refractivity contribution is 7.91. The molecule has 1 N–H and O–H groups in total. The van der Waals surface area contributed by atoms with Crippen LogP contribution >= 0.6 is 0 Å². The first-order chi connectivity index (χ1) is 8.62. The molecule has 0 bridgehead atoms. The minimum atomic E-state index is -2.87. The first-order valence-corrected chi connectivity index (χ1v) is 8.70. The molecule has 0 unspecified atom stereocenters. The number of nitrogens with zero attached hydrogens (tertiary/aromatic N) is 1. The molecule has 0 aromatic heterocycles. The van der Waals surface area contributed by atoms with E-state index in [1.807, 2.05) is 6.92 Å². The molecule has 0 saturated carbocycles. The molecule has 6 heteroatoms. The molecule has 2 aliphatic heterocycles. The summed E-state index contributed by atoms with van der Waals surface area (Å²) < 4.78 is 28.9. The molecule has 0 aromatic carbocycles. The minimum absolute atomic E-state index is 0.0774. The van der Waals surface area contributed by atoms with E-state index in [9.17, 15) is 8.42 Å². The molecule has 0 radical (unpaired) electrons. The Hall–Kier alpha value is -0.170. The molecular weight excluding hydrogens is 252 g/mol. The van der Waals surface area contributed by atoms with Crippen LogP contribution in [0.1, 0.15) is 19.8 Å². The standard InChI is InChI=1S/C12H24N2O3S/c1-2-17-8-5-13-11-9-18(15,16)10-12(11)14-6-3-4-7-14/h11-13H,2-10H2,1H3/t11-,12+/m0/s1. The molecule has 2 rings (SSSR count). The van der Waals surface area contributed by atoms with Gasteiger partial charge in [0.05, 0.1) is 18.1 Å². The second-order valence-corrected chi connectivity index (χ2v) is 7.30. The van der Waals surface area contributed by atoms with Crippen molar-refractivity contribution in [2.24, 2.45) is 0 Å². The molecule has 2 heterocycles. The zero-order valence-electron chi connectivity index (χ0n) is 11.1. The van der Waals surface area contributed by atoms with E-state index in [0.29, 0.717) is 19.0 Å². The van der Waals surface area contributed by atoms with Gasteiger partial charge in [-0.2, -0.15) is 0 Å². The van der Waals surface area contributed by atoms with E-state index in [1.165, 1.54) is 12.8 Å². The average molecular weight is 276 g/mol.